The van der Waals surface area contributed by atoms with Crippen LogP contribution in [0.5, 0.6) is 0 Å². The number of nitrogens with zero attached hydrogens (tertiary/aromatic N) is 2. The first-order valence-electron chi connectivity index (χ1n) is 10.7. The zero-order valence-electron chi connectivity index (χ0n) is 17.8. The zero-order chi connectivity index (χ0) is 21.6. The van der Waals surface area contributed by atoms with Crippen molar-refractivity contribution in [1.82, 2.24) is 10.3 Å². The van der Waals surface area contributed by atoms with E-state index in [0.717, 1.165) is 60.1 Å². The van der Waals surface area contributed by atoms with Gasteiger partial charge in [-0.3, -0.25) is 9.78 Å². The van der Waals surface area contributed by atoms with E-state index in [1.54, 1.807) is 0 Å². The second-order valence-corrected chi connectivity index (χ2v) is 7.82. The van der Waals surface area contributed by atoms with Crippen molar-refractivity contribution in [3.05, 3.63) is 71.4 Å². The molecule has 0 saturated heterocycles. The fourth-order valence-electron chi connectivity index (χ4n) is 4.05. The van der Waals surface area contributed by atoms with Gasteiger partial charge in [0.05, 0.1) is 11.1 Å². The van der Waals surface area contributed by atoms with Gasteiger partial charge in [-0.2, -0.15) is 0 Å². The maximum Gasteiger partial charge on any atom is 0.339 e. The first kappa shape index (κ1) is 20.8. The summed E-state index contributed by atoms with van der Waals surface area (Å²) >= 11 is 0. The van der Waals surface area contributed by atoms with Gasteiger partial charge in [0.15, 0.2) is 6.61 Å². The molecule has 1 N–H and O–H groups in total. The van der Waals surface area contributed by atoms with Gasteiger partial charge >= 0.3 is 5.97 Å². The summed E-state index contributed by atoms with van der Waals surface area (Å²) in [5, 5.41) is 3.62. The number of ether oxygens (including phenoxy) is 1. The molecule has 0 aliphatic heterocycles. The lowest BCUT2D eigenvalue weighted by atomic mass is 10.0. The Morgan fingerprint density at radius 2 is 1.84 bits per heavy atom. The van der Waals surface area contributed by atoms with E-state index in [-0.39, 0.29) is 12.5 Å². The van der Waals surface area contributed by atoms with E-state index in [1.807, 2.05) is 49.5 Å². The van der Waals surface area contributed by atoms with E-state index in [2.05, 4.69) is 27.3 Å². The van der Waals surface area contributed by atoms with Crippen molar-refractivity contribution in [3.8, 4) is 0 Å². The summed E-state index contributed by atoms with van der Waals surface area (Å²) in [7, 11) is 2.02. The molecular weight excluding hydrogens is 390 g/mol. The molecule has 0 saturated carbocycles. The Labute approximate surface area is 182 Å². The molecule has 1 heterocycles. The fourth-order valence-corrected chi connectivity index (χ4v) is 4.05. The number of carbonyl (C=O) groups is 2. The second-order valence-electron chi connectivity index (χ2n) is 7.82. The minimum atomic E-state index is -0.448. The molecule has 31 heavy (non-hydrogen) atoms. The lowest BCUT2D eigenvalue weighted by Crippen LogP contribution is -2.31. The summed E-state index contributed by atoms with van der Waals surface area (Å²) in [5.41, 5.74) is 4.43. The van der Waals surface area contributed by atoms with Gasteiger partial charge in [0.1, 0.15) is 0 Å². The highest BCUT2D eigenvalue weighted by molar-refractivity contribution is 6.05. The molecule has 1 aliphatic rings. The summed E-state index contributed by atoms with van der Waals surface area (Å²) in [6, 6.07) is 17.7. The summed E-state index contributed by atoms with van der Waals surface area (Å²) in [6.45, 7) is 1.07. The van der Waals surface area contributed by atoms with Gasteiger partial charge in [-0.15, -0.1) is 0 Å². The standard InChI is InChI=1S/C25H27N3O3/c1-28(18-9-3-2-4-10-18)16-8-15-26-23(29)17-31-25(30)24-19-11-5-6-13-21(19)27-22-14-7-12-20(22)24/h2-6,9-11,13H,7-8,12,14-17H2,1H3,(H,26,29). The van der Waals surface area contributed by atoms with Crippen LogP contribution in [0.25, 0.3) is 10.9 Å². The molecule has 6 heteroatoms. The fraction of sp³-hybridized carbons (Fsp3) is 0.320. The number of aryl methyl sites for hydroxylation is 1. The van der Waals surface area contributed by atoms with Gasteiger partial charge < -0.3 is 15.0 Å². The quantitative estimate of drug-likeness (QED) is 0.449. The number of anilines is 1. The Hall–Kier alpha value is -3.41. The van der Waals surface area contributed by atoms with E-state index in [1.165, 1.54) is 0 Å². The maximum atomic E-state index is 12.9. The van der Waals surface area contributed by atoms with E-state index in [9.17, 15) is 9.59 Å². The minimum Gasteiger partial charge on any atom is -0.452 e. The number of pyridine rings is 1. The van der Waals surface area contributed by atoms with E-state index >= 15 is 0 Å². The number of nitrogens with one attached hydrogen (secondary N) is 1. The van der Waals surface area contributed by atoms with Crippen molar-refractivity contribution in [2.45, 2.75) is 25.7 Å². The highest BCUT2D eigenvalue weighted by atomic mass is 16.5. The largest absolute Gasteiger partial charge is 0.452 e. The number of para-hydroxylation sites is 2. The normalized spacial score (nSPS) is 12.4. The summed E-state index contributed by atoms with van der Waals surface area (Å²) in [6.07, 6.45) is 3.47. The van der Waals surface area contributed by atoms with Crippen molar-refractivity contribution >= 4 is 28.5 Å². The Morgan fingerprint density at radius 3 is 2.68 bits per heavy atom. The number of hydrogen-bond acceptors (Lipinski definition) is 5. The minimum absolute atomic E-state index is 0.279. The van der Waals surface area contributed by atoms with E-state index in [0.29, 0.717) is 12.1 Å². The number of carbonyl (C=O) groups excluding carboxylic acids is 2. The van der Waals surface area contributed by atoms with Gasteiger partial charge in [-0.05, 0) is 49.4 Å². The third-order valence-electron chi connectivity index (χ3n) is 5.65. The first-order chi connectivity index (χ1) is 15.1. The van der Waals surface area contributed by atoms with Gasteiger partial charge in [0.25, 0.3) is 5.91 Å². The highest BCUT2D eigenvalue weighted by Crippen LogP contribution is 2.30. The van der Waals surface area contributed by atoms with Gasteiger partial charge in [-0.25, -0.2) is 4.79 Å². The Kier molecular flexibility index (Phi) is 6.46. The van der Waals surface area contributed by atoms with Gasteiger partial charge in [0.2, 0.25) is 0 Å². The molecule has 160 valence electrons. The number of esters is 1. The predicted molar refractivity (Wildman–Crippen MR) is 121 cm³/mol. The zero-order valence-corrected chi connectivity index (χ0v) is 17.8. The number of rotatable bonds is 8. The van der Waals surface area contributed by atoms with Crippen LogP contribution in [0, 0.1) is 0 Å². The van der Waals surface area contributed by atoms with Crippen molar-refractivity contribution in [3.63, 3.8) is 0 Å². The van der Waals surface area contributed by atoms with Gasteiger partial charge in [0, 0.05) is 36.9 Å². The Bertz CT molecular complexity index is 1080. The van der Waals surface area contributed by atoms with Crippen LogP contribution in [0.2, 0.25) is 0 Å². The van der Waals surface area contributed by atoms with Gasteiger partial charge in [-0.1, -0.05) is 36.4 Å². The van der Waals surface area contributed by atoms with Crippen LogP contribution in [0.1, 0.15) is 34.5 Å². The molecule has 1 amide bonds. The number of hydrogen-bond donors (Lipinski definition) is 1. The molecule has 0 bridgehead atoms. The van der Waals surface area contributed by atoms with Crippen molar-refractivity contribution in [1.29, 1.82) is 0 Å². The van der Waals surface area contributed by atoms with Crippen LogP contribution in [-0.4, -0.2) is 43.6 Å². The molecule has 4 rings (SSSR count). The maximum absolute atomic E-state index is 12.9. The van der Waals surface area contributed by atoms with Crippen molar-refractivity contribution in [2.75, 3.05) is 31.6 Å². The van der Waals surface area contributed by atoms with Crippen molar-refractivity contribution < 1.29 is 14.3 Å². The third kappa shape index (κ3) is 4.85. The smallest absolute Gasteiger partial charge is 0.339 e. The highest BCUT2D eigenvalue weighted by Gasteiger charge is 2.25. The number of aromatic nitrogens is 1. The molecule has 0 atom stereocenters. The lowest BCUT2D eigenvalue weighted by molar-refractivity contribution is -0.124. The molecule has 3 aromatic rings. The lowest BCUT2D eigenvalue weighted by Gasteiger charge is -2.19. The summed E-state index contributed by atoms with van der Waals surface area (Å²) in [5.74, 6) is -0.735. The van der Waals surface area contributed by atoms with Crippen LogP contribution < -0.4 is 10.2 Å². The molecule has 6 nitrogen and oxygen atoms in total. The molecule has 0 unspecified atom stereocenters. The van der Waals surface area contributed by atoms with Crippen LogP contribution in [0.3, 0.4) is 0 Å². The van der Waals surface area contributed by atoms with Crippen LogP contribution >= 0.6 is 0 Å². The first-order valence-corrected chi connectivity index (χ1v) is 10.7. The topological polar surface area (TPSA) is 71.5 Å². The molecule has 1 aliphatic carbocycles. The Balaban J connectivity index is 1.29. The SMILES string of the molecule is CN(CCCNC(=O)COC(=O)c1c2c(nc3ccccc13)CCC2)c1ccccc1. The predicted octanol–water partition coefficient (Wildman–Crippen LogP) is 3.52. The van der Waals surface area contributed by atoms with Crippen molar-refractivity contribution in [2.24, 2.45) is 0 Å². The number of fused-ring (bicyclic) bond motifs is 2. The molecule has 0 radical (unpaired) electrons. The number of amides is 1. The molecular formula is C25H27N3O3. The second kappa shape index (κ2) is 9.60. The average Bonchev–Trinajstić information content (AvgIpc) is 3.27. The molecule has 0 spiro atoms. The van der Waals surface area contributed by atoms with Crippen LogP contribution in [0.4, 0.5) is 5.69 Å². The molecule has 2 aromatic carbocycles. The molecule has 0 fully saturated rings. The van der Waals surface area contributed by atoms with Crippen LogP contribution in [-0.2, 0) is 22.4 Å². The van der Waals surface area contributed by atoms with E-state index in [4.69, 9.17) is 4.74 Å². The summed E-state index contributed by atoms with van der Waals surface area (Å²) in [4.78, 5) is 31.9. The number of benzene rings is 2. The average molecular weight is 418 g/mol. The Morgan fingerprint density at radius 1 is 1.06 bits per heavy atom. The van der Waals surface area contributed by atoms with E-state index < -0.39 is 5.97 Å². The summed E-state index contributed by atoms with van der Waals surface area (Å²) < 4.78 is 5.38. The van der Waals surface area contributed by atoms with Crippen LogP contribution in [0.15, 0.2) is 54.6 Å². The monoisotopic (exact) mass is 417 g/mol. The molecule has 1 aromatic heterocycles. The third-order valence-corrected chi connectivity index (χ3v) is 5.65.